The van der Waals surface area contributed by atoms with Gasteiger partial charge in [-0.05, 0) is 53.4 Å². The second kappa shape index (κ2) is 7.30. The van der Waals surface area contributed by atoms with Crippen LogP contribution >= 0.6 is 0 Å². The Morgan fingerprint density at radius 1 is 1.35 bits per heavy atom. The maximum Gasteiger partial charge on any atom is 0.408 e. The minimum Gasteiger partial charge on any atom is -0.444 e. The zero-order valence-corrected chi connectivity index (χ0v) is 13.8. The molecule has 1 fully saturated rings. The number of amides is 1. The molecule has 1 aliphatic rings. The minimum atomic E-state index is -0.434. The van der Waals surface area contributed by atoms with Crippen LogP contribution in [0.15, 0.2) is 0 Å². The summed E-state index contributed by atoms with van der Waals surface area (Å²) in [6, 6.07) is 0.507. The maximum absolute atomic E-state index is 11.9. The van der Waals surface area contributed by atoms with Crippen LogP contribution in [0, 0.1) is 0 Å². The van der Waals surface area contributed by atoms with Gasteiger partial charge in [0.1, 0.15) is 5.60 Å². The van der Waals surface area contributed by atoms with Crippen molar-refractivity contribution in [3.8, 4) is 0 Å². The smallest absolute Gasteiger partial charge is 0.408 e. The molecule has 1 atom stereocenters. The number of rotatable bonds is 7. The predicted octanol–water partition coefficient (Wildman–Crippen LogP) is 3.60. The molecule has 0 heterocycles. The second-order valence-electron chi connectivity index (χ2n) is 7.18. The predicted molar refractivity (Wildman–Crippen MR) is 82.9 cm³/mol. The fourth-order valence-electron chi connectivity index (χ4n) is 2.45. The number of ether oxygens (including phenoxy) is 1. The first-order valence-corrected chi connectivity index (χ1v) is 8.01. The number of carbonyl (C=O) groups excluding carboxylic acids is 1. The number of unbranched alkanes of at least 4 members (excludes halogenated alkanes) is 1. The van der Waals surface area contributed by atoms with E-state index in [0.717, 1.165) is 19.4 Å². The molecule has 2 N–H and O–H groups in total. The highest BCUT2D eigenvalue weighted by Gasteiger charge is 2.39. The van der Waals surface area contributed by atoms with E-state index >= 15 is 0 Å². The lowest BCUT2D eigenvalue weighted by atomic mass is 9.76. The molecule has 0 aromatic rings. The van der Waals surface area contributed by atoms with Crippen molar-refractivity contribution >= 4 is 6.09 Å². The highest BCUT2D eigenvalue weighted by Crippen LogP contribution is 2.31. The molecule has 0 aromatic carbocycles. The standard InChI is InChI=1S/C16H32N2O2/c1-6-7-9-13(2)17-12-16(10-8-11-16)18-14(19)20-15(3,4)5/h13,17H,6-12H2,1-5H3,(H,18,19). The lowest BCUT2D eigenvalue weighted by Gasteiger charge is -2.43. The monoisotopic (exact) mass is 284 g/mol. The molecule has 1 aliphatic carbocycles. The summed E-state index contributed by atoms with van der Waals surface area (Å²) in [5, 5.41) is 6.63. The average Bonchev–Trinajstić information content (AvgIpc) is 2.27. The minimum absolute atomic E-state index is 0.0944. The Bertz CT molecular complexity index is 306. The lowest BCUT2D eigenvalue weighted by Crippen LogP contribution is -2.60. The topological polar surface area (TPSA) is 50.4 Å². The zero-order valence-electron chi connectivity index (χ0n) is 13.8. The lowest BCUT2D eigenvalue weighted by molar-refractivity contribution is 0.0379. The molecular formula is C16H32N2O2. The van der Waals surface area contributed by atoms with Gasteiger partial charge in [0.05, 0.1) is 5.54 Å². The van der Waals surface area contributed by atoms with E-state index in [4.69, 9.17) is 4.74 Å². The molecule has 4 nitrogen and oxygen atoms in total. The van der Waals surface area contributed by atoms with Crippen LogP contribution in [-0.2, 0) is 4.74 Å². The van der Waals surface area contributed by atoms with E-state index in [2.05, 4.69) is 24.5 Å². The molecule has 1 rings (SSSR count). The first kappa shape index (κ1) is 17.3. The van der Waals surface area contributed by atoms with Gasteiger partial charge in [-0.3, -0.25) is 0 Å². The van der Waals surface area contributed by atoms with Gasteiger partial charge in [-0.1, -0.05) is 19.8 Å². The average molecular weight is 284 g/mol. The van der Waals surface area contributed by atoms with Crippen molar-refractivity contribution in [2.45, 2.75) is 90.3 Å². The molecule has 1 amide bonds. The van der Waals surface area contributed by atoms with Gasteiger partial charge in [-0.15, -0.1) is 0 Å². The highest BCUT2D eigenvalue weighted by atomic mass is 16.6. The normalized spacial score (nSPS) is 19.1. The van der Waals surface area contributed by atoms with E-state index in [-0.39, 0.29) is 11.6 Å². The van der Waals surface area contributed by atoms with E-state index in [0.29, 0.717) is 6.04 Å². The van der Waals surface area contributed by atoms with Crippen LogP contribution < -0.4 is 10.6 Å². The van der Waals surface area contributed by atoms with Gasteiger partial charge in [0.2, 0.25) is 0 Å². The second-order valence-corrected chi connectivity index (χ2v) is 7.18. The van der Waals surface area contributed by atoms with Crippen LogP contribution in [0.4, 0.5) is 4.79 Å². The molecule has 0 radical (unpaired) electrons. The van der Waals surface area contributed by atoms with E-state index in [1.54, 1.807) is 0 Å². The third kappa shape index (κ3) is 6.12. The summed E-state index contributed by atoms with van der Waals surface area (Å²) in [5.41, 5.74) is -0.528. The van der Waals surface area contributed by atoms with Crippen molar-refractivity contribution in [3.05, 3.63) is 0 Å². The zero-order chi connectivity index (χ0) is 15.2. The highest BCUT2D eigenvalue weighted by molar-refractivity contribution is 5.69. The Hall–Kier alpha value is -0.770. The molecular weight excluding hydrogens is 252 g/mol. The van der Waals surface area contributed by atoms with Crippen molar-refractivity contribution in [2.24, 2.45) is 0 Å². The van der Waals surface area contributed by atoms with Gasteiger partial charge in [0.15, 0.2) is 0 Å². The summed E-state index contributed by atoms with van der Waals surface area (Å²) in [6.07, 6.45) is 6.65. The number of carbonyl (C=O) groups is 1. The van der Waals surface area contributed by atoms with Crippen molar-refractivity contribution < 1.29 is 9.53 Å². The molecule has 0 saturated heterocycles. The SMILES string of the molecule is CCCCC(C)NCC1(NC(=O)OC(C)(C)C)CCC1. The molecule has 0 aliphatic heterocycles. The Balaban J connectivity index is 2.37. The third-order valence-corrected chi connectivity index (χ3v) is 3.86. The summed E-state index contributed by atoms with van der Waals surface area (Å²) >= 11 is 0. The van der Waals surface area contributed by atoms with Crippen LogP contribution in [0.25, 0.3) is 0 Å². The molecule has 118 valence electrons. The van der Waals surface area contributed by atoms with Crippen LogP contribution in [0.5, 0.6) is 0 Å². The fraction of sp³-hybridized carbons (Fsp3) is 0.938. The van der Waals surface area contributed by atoms with Crippen molar-refractivity contribution in [2.75, 3.05) is 6.54 Å². The van der Waals surface area contributed by atoms with Gasteiger partial charge in [0.25, 0.3) is 0 Å². The van der Waals surface area contributed by atoms with Gasteiger partial charge in [-0.2, -0.15) is 0 Å². The van der Waals surface area contributed by atoms with Crippen molar-refractivity contribution in [3.63, 3.8) is 0 Å². The van der Waals surface area contributed by atoms with Crippen LogP contribution in [0.3, 0.4) is 0 Å². The van der Waals surface area contributed by atoms with Crippen LogP contribution in [0.2, 0.25) is 0 Å². The maximum atomic E-state index is 11.9. The van der Waals surface area contributed by atoms with E-state index in [1.807, 2.05) is 20.8 Å². The quantitative estimate of drug-likeness (QED) is 0.751. The first-order chi connectivity index (χ1) is 9.26. The number of alkyl carbamates (subject to hydrolysis) is 1. The first-order valence-electron chi connectivity index (χ1n) is 8.01. The van der Waals surface area contributed by atoms with Crippen LogP contribution in [0.1, 0.15) is 73.1 Å². The van der Waals surface area contributed by atoms with E-state index in [1.165, 1.54) is 25.7 Å². The summed E-state index contributed by atoms with van der Waals surface area (Å²) < 4.78 is 5.36. The largest absolute Gasteiger partial charge is 0.444 e. The van der Waals surface area contributed by atoms with Crippen molar-refractivity contribution in [1.82, 2.24) is 10.6 Å². The summed E-state index contributed by atoms with van der Waals surface area (Å²) in [5.74, 6) is 0. The molecule has 0 aromatic heterocycles. The van der Waals surface area contributed by atoms with Gasteiger partial charge >= 0.3 is 6.09 Å². The fourth-order valence-corrected chi connectivity index (χ4v) is 2.45. The number of hydrogen-bond acceptors (Lipinski definition) is 3. The Morgan fingerprint density at radius 2 is 2.00 bits per heavy atom. The van der Waals surface area contributed by atoms with E-state index < -0.39 is 5.60 Å². The van der Waals surface area contributed by atoms with Gasteiger partial charge in [0, 0.05) is 12.6 Å². The Morgan fingerprint density at radius 3 is 2.45 bits per heavy atom. The third-order valence-electron chi connectivity index (χ3n) is 3.86. The molecule has 1 saturated carbocycles. The van der Waals surface area contributed by atoms with Gasteiger partial charge in [-0.25, -0.2) is 4.79 Å². The number of nitrogens with one attached hydrogen (secondary N) is 2. The summed E-state index contributed by atoms with van der Waals surface area (Å²) in [6.45, 7) is 11.0. The Labute approximate surface area is 124 Å². The summed E-state index contributed by atoms with van der Waals surface area (Å²) in [7, 11) is 0. The van der Waals surface area contributed by atoms with E-state index in [9.17, 15) is 4.79 Å². The molecule has 0 bridgehead atoms. The van der Waals surface area contributed by atoms with Crippen LogP contribution in [-0.4, -0.2) is 29.8 Å². The Kier molecular flexibility index (Phi) is 6.31. The number of hydrogen-bond donors (Lipinski definition) is 2. The molecule has 1 unspecified atom stereocenters. The molecule has 4 heteroatoms. The molecule has 0 spiro atoms. The molecule has 20 heavy (non-hydrogen) atoms. The van der Waals surface area contributed by atoms with Gasteiger partial charge < -0.3 is 15.4 Å². The van der Waals surface area contributed by atoms with Crippen molar-refractivity contribution in [1.29, 1.82) is 0 Å². The summed E-state index contributed by atoms with van der Waals surface area (Å²) in [4.78, 5) is 11.9.